The van der Waals surface area contributed by atoms with Gasteiger partial charge >= 0.3 is 11.9 Å². The van der Waals surface area contributed by atoms with Crippen LogP contribution in [0.3, 0.4) is 0 Å². The minimum Gasteiger partial charge on any atom is -0.461 e. The predicted molar refractivity (Wildman–Crippen MR) is 44.0 cm³/mol. The number of aliphatic hydroxyl groups is 1. The molecule has 0 amide bonds. The van der Waals surface area contributed by atoms with Crippen LogP contribution in [0.1, 0.15) is 13.3 Å². The topological polar surface area (TPSA) is 58.6 Å². The van der Waals surface area contributed by atoms with Gasteiger partial charge in [-0.15, -0.1) is 0 Å². The minimum absolute atomic E-state index is 0.127. The molecule has 14 heavy (non-hydrogen) atoms. The Morgan fingerprint density at radius 1 is 1.71 bits per heavy atom. The highest BCUT2D eigenvalue weighted by Crippen LogP contribution is 2.34. The van der Waals surface area contributed by atoms with Crippen molar-refractivity contribution in [2.24, 2.45) is 0 Å². The summed E-state index contributed by atoms with van der Waals surface area (Å²) in [5.41, 5.74) is -2.31. The third kappa shape index (κ3) is 1.72. The van der Waals surface area contributed by atoms with Gasteiger partial charge in [-0.2, -0.15) is 8.78 Å². The van der Waals surface area contributed by atoms with Gasteiger partial charge < -0.3 is 15.2 Å². The van der Waals surface area contributed by atoms with Crippen LogP contribution in [0.25, 0.3) is 0 Å². The summed E-state index contributed by atoms with van der Waals surface area (Å²) in [6.45, 7) is 1.28. The number of halogens is 2. The molecule has 6 heteroatoms. The molecule has 0 radical (unpaired) electrons. The lowest BCUT2D eigenvalue weighted by Gasteiger charge is -2.29. The van der Waals surface area contributed by atoms with Crippen molar-refractivity contribution in [2.75, 3.05) is 19.7 Å². The molecule has 1 aliphatic heterocycles. The fraction of sp³-hybridized carbons (Fsp3) is 0.875. The summed E-state index contributed by atoms with van der Waals surface area (Å²) in [6.07, 6.45) is -0.154. The molecular formula is C8H13F2NO3. The Kier molecular flexibility index (Phi) is 3.06. The number of carbonyl (C=O) groups excluding carboxylic acids is 1. The van der Waals surface area contributed by atoms with E-state index < -0.39 is 17.5 Å². The maximum atomic E-state index is 13.3. The van der Waals surface area contributed by atoms with E-state index in [1.807, 2.05) is 0 Å². The molecule has 1 fully saturated rings. The lowest BCUT2D eigenvalue weighted by Crippen LogP contribution is -2.55. The average Bonchev–Trinajstić information content (AvgIpc) is 2.54. The van der Waals surface area contributed by atoms with E-state index in [9.17, 15) is 18.7 Å². The van der Waals surface area contributed by atoms with E-state index in [-0.39, 0.29) is 26.1 Å². The van der Waals surface area contributed by atoms with Gasteiger partial charge in [-0.1, -0.05) is 0 Å². The number of alkyl halides is 2. The lowest BCUT2D eigenvalue weighted by molar-refractivity contribution is -0.208. The van der Waals surface area contributed by atoms with Crippen molar-refractivity contribution < 1.29 is 23.4 Å². The second-order valence-electron chi connectivity index (χ2n) is 3.25. The Morgan fingerprint density at radius 3 is 2.79 bits per heavy atom. The summed E-state index contributed by atoms with van der Waals surface area (Å²) in [5, 5.41) is 12.1. The summed E-state index contributed by atoms with van der Waals surface area (Å²) in [7, 11) is 0. The van der Waals surface area contributed by atoms with Gasteiger partial charge in [-0.05, 0) is 19.9 Å². The van der Waals surface area contributed by atoms with Crippen LogP contribution in [0.5, 0.6) is 0 Å². The number of nitrogens with one attached hydrogen (secondary N) is 1. The van der Waals surface area contributed by atoms with Gasteiger partial charge in [0.25, 0.3) is 0 Å². The van der Waals surface area contributed by atoms with Crippen LogP contribution < -0.4 is 5.32 Å². The van der Waals surface area contributed by atoms with Crippen LogP contribution in [-0.2, 0) is 9.53 Å². The van der Waals surface area contributed by atoms with Gasteiger partial charge in [-0.25, -0.2) is 4.79 Å². The fourth-order valence-corrected chi connectivity index (χ4v) is 1.36. The normalized spacial score (nSPS) is 27.7. The Hall–Kier alpha value is -0.750. The van der Waals surface area contributed by atoms with Crippen LogP contribution in [0.4, 0.5) is 8.78 Å². The lowest BCUT2D eigenvalue weighted by atomic mass is 9.95. The number of β-amino-alcohol motifs (C(OH)–C–C–N with tert-alkyl or cyclic N) is 1. The van der Waals surface area contributed by atoms with E-state index >= 15 is 0 Å². The van der Waals surface area contributed by atoms with Crippen LogP contribution in [0.2, 0.25) is 0 Å². The maximum absolute atomic E-state index is 13.3. The van der Waals surface area contributed by atoms with Crippen LogP contribution >= 0.6 is 0 Å². The highest BCUT2D eigenvalue weighted by Gasteiger charge is 2.60. The van der Waals surface area contributed by atoms with Gasteiger partial charge in [0.05, 0.1) is 6.61 Å². The van der Waals surface area contributed by atoms with Gasteiger partial charge in [0.15, 0.2) is 5.60 Å². The van der Waals surface area contributed by atoms with Crippen molar-refractivity contribution >= 4 is 5.97 Å². The Morgan fingerprint density at radius 2 is 2.36 bits per heavy atom. The number of ether oxygens (including phenoxy) is 1. The molecule has 4 nitrogen and oxygen atoms in total. The Labute approximate surface area is 80.2 Å². The van der Waals surface area contributed by atoms with Crippen molar-refractivity contribution in [1.29, 1.82) is 0 Å². The second kappa shape index (κ2) is 3.78. The molecule has 2 N–H and O–H groups in total. The van der Waals surface area contributed by atoms with Gasteiger partial charge in [-0.3, -0.25) is 0 Å². The zero-order valence-corrected chi connectivity index (χ0v) is 7.85. The van der Waals surface area contributed by atoms with E-state index in [4.69, 9.17) is 0 Å². The van der Waals surface area contributed by atoms with E-state index in [0.29, 0.717) is 0 Å². The van der Waals surface area contributed by atoms with E-state index in [0.717, 1.165) is 0 Å². The summed E-state index contributed by atoms with van der Waals surface area (Å²) in [4.78, 5) is 10.9. The predicted octanol–water partition coefficient (Wildman–Crippen LogP) is -0.0908. The molecule has 1 aliphatic rings. The van der Waals surface area contributed by atoms with Crippen LogP contribution in [0, 0.1) is 0 Å². The monoisotopic (exact) mass is 209 g/mol. The molecule has 0 aromatic rings. The maximum Gasteiger partial charge on any atom is 0.380 e. The van der Waals surface area contributed by atoms with Crippen molar-refractivity contribution in [3.05, 3.63) is 0 Å². The van der Waals surface area contributed by atoms with Crippen LogP contribution in [-0.4, -0.2) is 42.3 Å². The summed E-state index contributed by atoms with van der Waals surface area (Å²) in [6, 6.07) is 0. The van der Waals surface area contributed by atoms with Crippen molar-refractivity contribution in [2.45, 2.75) is 24.9 Å². The second-order valence-corrected chi connectivity index (χ2v) is 3.25. The van der Waals surface area contributed by atoms with Crippen molar-refractivity contribution in [1.82, 2.24) is 5.32 Å². The van der Waals surface area contributed by atoms with Gasteiger partial charge in [0.2, 0.25) is 0 Å². The number of hydrogen-bond acceptors (Lipinski definition) is 4. The molecule has 0 bridgehead atoms. The summed E-state index contributed by atoms with van der Waals surface area (Å²) < 4.78 is 30.9. The Bertz CT molecular complexity index is 227. The third-order valence-electron chi connectivity index (χ3n) is 2.25. The first-order valence-electron chi connectivity index (χ1n) is 4.42. The standard InChI is InChI=1S/C8H13F2NO3/c1-2-14-6(12)8(9,10)7(13)3-4-11-5-7/h11,13H,2-5H2,1H3. The molecule has 0 aromatic heterocycles. The molecule has 82 valence electrons. The molecule has 1 saturated heterocycles. The van der Waals surface area contributed by atoms with E-state index in [1.165, 1.54) is 6.92 Å². The van der Waals surface area contributed by atoms with Crippen LogP contribution in [0.15, 0.2) is 0 Å². The number of rotatable bonds is 3. The first-order valence-corrected chi connectivity index (χ1v) is 4.42. The smallest absolute Gasteiger partial charge is 0.380 e. The number of esters is 1. The van der Waals surface area contributed by atoms with Gasteiger partial charge in [0.1, 0.15) is 0 Å². The van der Waals surface area contributed by atoms with Crippen molar-refractivity contribution in [3.63, 3.8) is 0 Å². The Balaban J connectivity index is 2.76. The third-order valence-corrected chi connectivity index (χ3v) is 2.25. The largest absolute Gasteiger partial charge is 0.461 e. The summed E-state index contributed by atoms with van der Waals surface area (Å²) in [5.74, 6) is -5.50. The molecule has 1 atom stereocenters. The minimum atomic E-state index is -3.84. The zero-order valence-electron chi connectivity index (χ0n) is 7.85. The molecule has 1 heterocycles. The van der Waals surface area contributed by atoms with E-state index in [1.54, 1.807) is 0 Å². The fourth-order valence-electron chi connectivity index (χ4n) is 1.36. The van der Waals surface area contributed by atoms with Crippen molar-refractivity contribution in [3.8, 4) is 0 Å². The van der Waals surface area contributed by atoms with Gasteiger partial charge in [0, 0.05) is 6.54 Å². The highest BCUT2D eigenvalue weighted by molar-refractivity contribution is 5.79. The molecule has 1 unspecified atom stereocenters. The molecular weight excluding hydrogens is 196 g/mol. The highest BCUT2D eigenvalue weighted by atomic mass is 19.3. The molecule has 0 saturated carbocycles. The first kappa shape index (κ1) is 11.3. The molecule has 0 aliphatic carbocycles. The molecule has 1 rings (SSSR count). The number of hydrogen-bond donors (Lipinski definition) is 2. The van der Waals surface area contributed by atoms with E-state index in [2.05, 4.69) is 10.1 Å². The zero-order chi connectivity index (χ0) is 10.8. The molecule has 0 aromatic carbocycles. The number of carbonyl (C=O) groups is 1. The first-order chi connectivity index (χ1) is 6.44. The quantitative estimate of drug-likeness (QED) is 0.638. The average molecular weight is 209 g/mol. The summed E-state index contributed by atoms with van der Waals surface area (Å²) >= 11 is 0. The molecule has 0 spiro atoms. The SMILES string of the molecule is CCOC(=O)C(F)(F)C1(O)CCNC1.